The number of nitrogens with zero attached hydrogens (tertiary/aromatic N) is 1. The van der Waals surface area contributed by atoms with Gasteiger partial charge in [-0.2, -0.15) is 0 Å². The average molecular weight is 324 g/mol. The number of aliphatic hydroxyl groups excluding tert-OH is 1. The number of aliphatic imine (C=N–C) groups is 1. The van der Waals surface area contributed by atoms with E-state index in [1.807, 2.05) is 25.1 Å². The number of hydrogen-bond acceptors (Lipinski definition) is 2. The van der Waals surface area contributed by atoms with Gasteiger partial charge in [0.2, 0.25) is 0 Å². The molecule has 0 aliphatic heterocycles. The Hall–Kier alpha value is -1.26. The molecule has 4 nitrogen and oxygen atoms in total. The molecule has 0 amide bonds. The normalized spacial score (nSPS) is 18.0. The standard InChI is InChI=1S/C17H26ClN3O/c1-2-19-17(21-13-8-4-3-5-9-13)20-12-16(22)14-10-6-7-11-15(14)18/h6-7,10-11,13,16,22H,2-5,8-9,12H2,1H3,(H2,19,20,21). The van der Waals surface area contributed by atoms with E-state index in [0.717, 1.165) is 18.1 Å². The van der Waals surface area contributed by atoms with Crippen LogP contribution in [0.5, 0.6) is 0 Å². The number of hydrogen-bond donors (Lipinski definition) is 3. The van der Waals surface area contributed by atoms with Gasteiger partial charge in [-0.3, -0.25) is 4.99 Å². The van der Waals surface area contributed by atoms with Crippen molar-refractivity contribution in [2.45, 2.75) is 51.2 Å². The van der Waals surface area contributed by atoms with Gasteiger partial charge in [0.15, 0.2) is 5.96 Å². The molecule has 3 N–H and O–H groups in total. The van der Waals surface area contributed by atoms with E-state index < -0.39 is 6.10 Å². The topological polar surface area (TPSA) is 56.7 Å². The zero-order valence-corrected chi connectivity index (χ0v) is 13.9. The summed E-state index contributed by atoms with van der Waals surface area (Å²) in [5.74, 6) is 0.778. The fraction of sp³-hybridized carbons (Fsp3) is 0.588. The van der Waals surface area contributed by atoms with E-state index in [1.165, 1.54) is 32.1 Å². The van der Waals surface area contributed by atoms with Gasteiger partial charge in [-0.05, 0) is 25.8 Å². The molecule has 5 heteroatoms. The van der Waals surface area contributed by atoms with Crippen molar-refractivity contribution in [1.82, 2.24) is 10.6 Å². The number of halogens is 1. The van der Waals surface area contributed by atoms with E-state index in [1.54, 1.807) is 6.07 Å². The molecule has 122 valence electrons. The maximum Gasteiger partial charge on any atom is 0.191 e. The molecule has 1 atom stereocenters. The van der Waals surface area contributed by atoms with Crippen LogP contribution >= 0.6 is 11.6 Å². The zero-order valence-electron chi connectivity index (χ0n) is 13.2. The van der Waals surface area contributed by atoms with E-state index in [0.29, 0.717) is 17.6 Å². The number of benzene rings is 1. The first kappa shape index (κ1) is 17.1. The average Bonchev–Trinajstić information content (AvgIpc) is 2.54. The van der Waals surface area contributed by atoms with Gasteiger partial charge < -0.3 is 15.7 Å². The Morgan fingerprint density at radius 1 is 1.32 bits per heavy atom. The molecule has 22 heavy (non-hydrogen) atoms. The van der Waals surface area contributed by atoms with Crippen molar-refractivity contribution >= 4 is 17.6 Å². The lowest BCUT2D eigenvalue weighted by Gasteiger charge is -2.25. The van der Waals surface area contributed by atoms with Crippen LogP contribution in [0.4, 0.5) is 0 Å². The molecule has 2 rings (SSSR count). The van der Waals surface area contributed by atoms with Gasteiger partial charge in [-0.25, -0.2) is 0 Å². The van der Waals surface area contributed by atoms with Gasteiger partial charge in [0, 0.05) is 23.2 Å². The van der Waals surface area contributed by atoms with Crippen molar-refractivity contribution < 1.29 is 5.11 Å². The molecule has 1 fully saturated rings. The minimum absolute atomic E-state index is 0.297. The molecular formula is C17H26ClN3O. The predicted molar refractivity (Wildman–Crippen MR) is 92.4 cm³/mol. The highest BCUT2D eigenvalue weighted by molar-refractivity contribution is 6.31. The lowest BCUT2D eigenvalue weighted by Crippen LogP contribution is -2.44. The quantitative estimate of drug-likeness (QED) is 0.576. The van der Waals surface area contributed by atoms with Crippen LogP contribution < -0.4 is 10.6 Å². The van der Waals surface area contributed by atoms with Crippen molar-refractivity contribution in [3.63, 3.8) is 0 Å². The summed E-state index contributed by atoms with van der Waals surface area (Å²) in [5.41, 5.74) is 0.724. The van der Waals surface area contributed by atoms with Crippen LogP contribution in [-0.2, 0) is 0 Å². The lowest BCUT2D eigenvalue weighted by atomic mass is 9.96. The molecular weight excluding hydrogens is 298 g/mol. The third kappa shape index (κ3) is 5.18. The first-order chi connectivity index (χ1) is 10.7. The second-order valence-corrected chi connectivity index (χ2v) is 6.14. The fourth-order valence-electron chi connectivity index (χ4n) is 2.78. The van der Waals surface area contributed by atoms with Gasteiger partial charge in [0.1, 0.15) is 6.10 Å². The molecule has 0 saturated heterocycles. The Kier molecular flexibility index (Phi) is 7.00. The molecule has 1 aromatic rings. The molecule has 0 spiro atoms. The third-order valence-electron chi connectivity index (χ3n) is 3.98. The number of rotatable bonds is 5. The number of aliphatic hydroxyl groups is 1. The van der Waals surface area contributed by atoms with Crippen LogP contribution in [0.3, 0.4) is 0 Å². The summed E-state index contributed by atoms with van der Waals surface area (Å²) in [5, 5.41) is 17.6. The molecule has 0 aromatic heterocycles. The van der Waals surface area contributed by atoms with Gasteiger partial charge in [0.25, 0.3) is 0 Å². The highest BCUT2D eigenvalue weighted by Crippen LogP contribution is 2.22. The molecule has 1 saturated carbocycles. The maximum atomic E-state index is 10.3. The summed E-state index contributed by atoms with van der Waals surface area (Å²) in [6.45, 7) is 3.15. The third-order valence-corrected chi connectivity index (χ3v) is 4.32. The Morgan fingerprint density at radius 3 is 2.73 bits per heavy atom. The van der Waals surface area contributed by atoms with E-state index in [2.05, 4.69) is 15.6 Å². The monoisotopic (exact) mass is 323 g/mol. The van der Waals surface area contributed by atoms with Crippen molar-refractivity contribution in [2.24, 2.45) is 4.99 Å². The second-order valence-electron chi connectivity index (χ2n) is 5.74. The van der Waals surface area contributed by atoms with E-state index in [9.17, 15) is 5.11 Å². The fourth-order valence-corrected chi connectivity index (χ4v) is 3.04. The molecule has 1 aromatic carbocycles. The highest BCUT2D eigenvalue weighted by Gasteiger charge is 2.15. The smallest absolute Gasteiger partial charge is 0.191 e. The van der Waals surface area contributed by atoms with Crippen LogP contribution in [0.1, 0.15) is 50.7 Å². The summed E-state index contributed by atoms with van der Waals surface area (Å²) >= 11 is 6.11. The first-order valence-corrected chi connectivity index (χ1v) is 8.56. The van der Waals surface area contributed by atoms with Crippen LogP contribution in [0, 0.1) is 0 Å². The van der Waals surface area contributed by atoms with Gasteiger partial charge >= 0.3 is 0 Å². The predicted octanol–water partition coefficient (Wildman–Crippen LogP) is 3.26. The minimum atomic E-state index is -0.685. The Balaban J connectivity index is 1.95. The van der Waals surface area contributed by atoms with Gasteiger partial charge in [-0.15, -0.1) is 0 Å². The summed E-state index contributed by atoms with van der Waals surface area (Å²) in [6.07, 6.45) is 5.58. The van der Waals surface area contributed by atoms with Crippen molar-refractivity contribution in [3.8, 4) is 0 Å². The largest absolute Gasteiger partial charge is 0.386 e. The van der Waals surface area contributed by atoms with Crippen LogP contribution in [0.15, 0.2) is 29.3 Å². The number of nitrogens with one attached hydrogen (secondary N) is 2. The SMILES string of the molecule is CCNC(=NCC(O)c1ccccc1Cl)NC1CCCCC1. The Morgan fingerprint density at radius 2 is 2.05 bits per heavy atom. The summed E-state index contributed by atoms with van der Waals surface area (Å²) < 4.78 is 0. The van der Waals surface area contributed by atoms with Crippen LogP contribution in [0.2, 0.25) is 5.02 Å². The highest BCUT2D eigenvalue weighted by atomic mass is 35.5. The van der Waals surface area contributed by atoms with Crippen molar-refractivity contribution in [3.05, 3.63) is 34.9 Å². The molecule has 0 heterocycles. The van der Waals surface area contributed by atoms with E-state index in [-0.39, 0.29) is 0 Å². The molecule has 0 radical (unpaired) electrons. The lowest BCUT2D eigenvalue weighted by molar-refractivity contribution is 0.187. The zero-order chi connectivity index (χ0) is 15.8. The molecule has 0 bridgehead atoms. The van der Waals surface area contributed by atoms with Gasteiger partial charge in [-0.1, -0.05) is 49.1 Å². The molecule has 1 aliphatic carbocycles. The Labute approximate surface area is 138 Å². The first-order valence-electron chi connectivity index (χ1n) is 8.18. The van der Waals surface area contributed by atoms with Gasteiger partial charge in [0.05, 0.1) is 6.54 Å². The Bertz CT molecular complexity index is 487. The maximum absolute atomic E-state index is 10.3. The summed E-state index contributed by atoms with van der Waals surface area (Å²) in [7, 11) is 0. The van der Waals surface area contributed by atoms with Crippen molar-refractivity contribution in [2.75, 3.05) is 13.1 Å². The summed E-state index contributed by atoms with van der Waals surface area (Å²) in [4.78, 5) is 4.51. The number of guanidine groups is 1. The van der Waals surface area contributed by atoms with E-state index in [4.69, 9.17) is 11.6 Å². The molecule has 1 unspecified atom stereocenters. The minimum Gasteiger partial charge on any atom is -0.386 e. The van der Waals surface area contributed by atoms with Crippen LogP contribution in [-0.4, -0.2) is 30.2 Å². The van der Waals surface area contributed by atoms with Crippen molar-refractivity contribution in [1.29, 1.82) is 0 Å². The molecule has 1 aliphatic rings. The van der Waals surface area contributed by atoms with E-state index >= 15 is 0 Å². The second kappa shape index (κ2) is 9.01. The van der Waals surface area contributed by atoms with Crippen LogP contribution in [0.25, 0.3) is 0 Å². The summed E-state index contributed by atoms with van der Waals surface area (Å²) in [6, 6.07) is 7.85.